The van der Waals surface area contributed by atoms with Crippen LogP contribution in [0.25, 0.3) is 0 Å². The second kappa shape index (κ2) is 8.80. The van der Waals surface area contributed by atoms with Crippen molar-refractivity contribution in [2.45, 2.75) is 57.9 Å². The van der Waals surface area contributed by atoms with Crippen molar-refractivity contribution in [2.75, 3.05) is 5.32 Å². The molecular weight excluding hydrogens is 338 g/mol. The average Bonchev–Trinajstić information content (AvgIpc) is 2.69. The highest BCUT2D eigenvalue weighted by atomic mass is 16.2. The summed E-state index contributed by atoms with van der Waals surface area (Å²) in [5.74, 6) is -0.0144. The summed E-state index contributed by atoms with van der Waals surface area (Å²) in [7, 11) is 0. The lowest BCUT2D eigenvalue weighted by molar-refractivity contribution is 0.0922. The molecule has 0 saturated heterocycles. The van der Waals surface area contributed by atoms with Gasteiger partial charge in [0.25, 0.3) is 11.8 Å². The predicted octanol–water partition coefficient (Wildman–Crippen LogP) is 4.52. The summed E-state index contributed by atoms with van der Waals surface area (Å²) in [6.45, 7) is 4.26. The van der Waals surface area contributed by atoms with Gasteiger partial charge in [-0.15, -0.1) is 0 Å². The van der Waals surface area contributed by atoms with Crippen molar-refractivity contribution in [3.63, 3.8) is 0 Å². The first-order chi connectivity index (χ1) is 13.0. The Morgan fingerprint density at radius 3 is 2.37 bits per heavy atom. The fraction of sp³-hybridized carbons (Fsp3) is 0.409. The highest BCUT2D eigenvalue weighted by molar-refractivity contribution is 6.05. The number of nitrogens with one attached hydrogen (secondary N) is 2. The Balaban J connectivity index is 1.65. The van der Waals surface area contributed by atoms with Crippen LogP contribution in [0, 0.1) is 0 Å². The molecule has 2 amide bonds. The van der Waals surface area contributed by atoms with Crippen molar-refractivity contribution >= 4 is 17.5 Å². The summed E-state index contributed by atoms with van der Waals surface area (Å²) in [5.41, 5.74) is 2.66. The molecule has 1 aliphatic rings. The largest absolute Gasteiger partial charge is 0.348 e. The molecule has 0 atom stereocenters. The number of carbonyl (C=O) groups is 2. The lowest BCUT2D eigenvalue weighted by Gasteiger charge is -2.22. The molecule has 27 heavy (non-hydrogen) atoms. The molecule has 3 rings (SSSR count). The van der Waals surface area contributed by atoms with E-state index in [1.807, 2.05) is 24.3 Å². The zero-order valence-corrected chi connectivity index (χ0v) is 16.0. The van der Waals surface area contributed by atoms with E-state index in [-0.39, 0.29) is 23.6 Å². The number of amides is 2. The van der Waals surface area contributed by atoms with Crippen LogP contribution in [0.4, 0.5) is 5.69 Å². The standard InChI is InChI=1S/C22H27N3O2/c1-15(2)16-8-10-19(11-9-16)24-21(26)17-12-13-23-20(14-17)22(27)25-18-6-4-3-5-7-18/h8-15,18H,3-7H2,1-2H3,(H,24,26)(H,25,27). The zero-order chi connectivity index (χ0) is 19.2. The van der Waals surface area contributed by atoms with Gasteiger partial charge in [0, 0.05) is 23.5 Å². The third kappa shape index (κ3) is 5.16. The molecule has 142 valence electrons. The topological polar surface area (TPSA) is 71.1 Å². The van der Waals surface area contributed by atoms with E-state index in [1.54, 1.807) is 12.1 Å². The van der Waals surface area contributed by atoms with E-state index >= 15 is 0 Å². The van der Waals surface area contributed by atoms with Gasteiger partial charge in [-0.2, -0.15) is 0 Å². The normalized spacial score (nSPS) is 14.8. The Bertz CT molecular complexity index is 793. The molecule has 0 bridgehead atoms. The Hall–Kier alpha value is -2.69. The van der Waals surface area contributed by atoms with Gasteiger partial charge in [-0.3, -0.25) is 14.6 Å². The summed E-state index contributed by atoms with van der Waals surface area (Å²) >= 11 is 0. The van der Waals surface area contributed by atoms with Crippen molar-refractivity contribution in [2.24, 2.45) is 0 Å². The van der Waals surface area contributed by atoms with Gasteiger partial charge in [-0.1, -0.05) is 45.2 Å². The van der Waals surface area contributed by atoms with E-state index < -0.39 is 0 Å². The van der Waals surface area contributed by atoms with Crippen molar-refractivity contribution < 1.29 is 9.59 Å². The summed E-state index contributed by atoms with van der Waals surface area (Å²) < 4.78 is 0. The number of hydrogen-bond donors (Lipinski definition) is 2. The van der Waals surface area contributed by atoms with Gasteiger partial charge in [0.05, 0.1) is 0 Å². The minimum atomic E-state index is -0.249. The van der Waals surface area contributed by atoms with Crippen molar-refractivity contribution in [3.05, 3.63) is 59.4 Å². The molecule has 0 spiro atoms. The average molecular weight is 365 g/mol. The van der Waals surface area contributed by atoms with Crippen LogP contribution in [0.2, 0.25) is 0 Å². The molecule has 1 heterocycles. The number of rotatable bonds is 5. The van der Waals surface area contributed by atoms with Crippen molar-refractivity contribution in [1.29, 1.82) is 0 Å². The predicted molar refractivity (Wildman–Crippen MR) is 107 cm³/mol. The molecule has 1 aromatic carbocycles. The van der Waals surface area contributed by atoms with E-state index in [0.717, 1.165) is 31.4 Å². The maximum Gasteiger partial charge on any atom is 0.270 e. The third-order valence-electron chi connectivity index (χ3n) is 5.03. The number of carbonyl (C=O) groups excluding carboxylic acids is 2. The van der Waals surface area contributed by atoms with Crippen molar-refractivity contribution in [3.8, 4) is 0 Å². The number of hydrogen-bond acceptors (Lipinski definition) is 3. The molecule has 0 radical (unpaired) electrons. The molecule has 2 aromatic rings. The molecule has 1 fully saturated rings. The van der Waals surface area contributed by atoms with E-state index in [2.05, 4.69) is 29.5 Å². The monoisotopic (exact) mass is 365 g/mol. The van der Waals surface area contributed by atoms with Gasteiger partial charge in [0.2, 0.25) is 0 Å². The smallest absolute Gasteiger partial charge is 0.270 e. The summed E-state index contributed by atoms with van der Waals surface area (Å²) in [4.78, 5) is 29.1. The van der Waals surface area contributed by atoms with E-state index in [0.29, 0.717) is 11.5 Å². The molecule has 5 nitrogen and oxygen atoms in total. The first-order valence-electron chi connectivity index (χ1n) is 9.71. The van der Waals surface area contributed by atoms with Crippen LogP contribution in [-0.4, -0.2) is 22.8 Å². The fourth-order valence-corrected chi connectivity index (χ4v) is 3.36. The van der Waals surface area contributed by atoms with Gasteiger partial charge in [-0.05, 0) is 48.6 Å². The fourth-order valence-electron chi connectivity index (χ4n) is 3.36. The van der Waals surface area contributed by atoms with E-state index in [4.69, 9.17) is 0 Å². The number of aromatic nitrogens is 1. The minimum absolute atomic E-state index is 0.210. The molecule has 0 aliphatic heterocycles. The number of benzene rings is 1. The summed E-state index contributed by atoms with van der Waals surface area (Å²) in [6, 6.07) is 11.2. The highest BCUT2D eigenvalue weighted by Crippen LogP contribution is 2.19. The summed E-state index contributed by atoms with van der Waals surface area (Å²) in [6.07, 6.45) is 7.06. The number of nitrogens with zero attached hydrogens (tertiary/aromatic N) is 1. The molecular formula is C22H27N3O2. The first kappa shape index (κ1) is 19.1. The Morgan fingerprint density at radius 1 is 1.00 bits per heavy atom. The lowest BCUT2D eigenvalue weighted by atomic mass is 9.95. The Morgan fingerprint density at radius 2 is 1.70 bits per heavy atom. The van der Waals surface area contributed by atoms with Crippen LogP contribution in [0.15, 0.2) is 42.6 Å². The molecule has 1 saturated carbocycles. The van der Waals surface area contributed by atoms with Gasteiger partial charge in [0.1, 0.15) is 5.69 Å². The first-order valence-corrected chi connectivity index (χ1v) is 9.71. The lowest BCUT2D eigenvalue weighted by Crippen LogP contribution is -2.36. The second-order valence-corrected chi connectivity index (χ2v) is 7.47. The molecule has 0 unspecified atom stereocenters. The third-order valence-corrected chi connectivity index (χ3v) is 5.03. The van der Waals surface area contributed by atoms with E-state index in [1.165, 1.54) is 18.2 Å². The maximum absolute atomic E-state index is 12.5. The van der Waals surface area contributed by atoms with Crippen LogP contribution >= 0.6 is 0 Å². The maximum atomic E-state index is 12.5. The van der Waals surface area contributed by atoms with Crippen LogP contribution in [-0.2, 0) is 0 Å². The van der Waals surface area contributed by atoms with Crippen molar-refractivity contribution in [1.82, 2.24) is 10.3 Å². The van der Waals surface area contributed by atoms with Gasteiger partial charge in [0.15, 0.2) is 0 Å². The SMILES string of the molecule is CC(C)c1ccc(NC(=O)c2ccnc(C(=O)NC3CCCCC3)c2)cc1. The van der Waals surface area contributed by atoms with Gasteiger partial charge >= 0.3 is 0 Å². The van der Waals surface area contributed by atoms with Gasteiger partial charge < -0.3 is 10.6 Å². The molecule has 1 aromatic heterocycles. The number of anilines is 1. The van der Waals surface area contributed by atoms with Crippen LogP contribution in [0.1, 0.15) is 78.3 Å². The second-order valence-electron chi connectivity index (χ2n) is 7.47. The molecule has 5 heteroatoms. The molecule has 1 aliphatic carbocycles. The Labute approximate surface area is 160 Å². The highest BCUT2D eigenvalue weighted by Gasteiger charge is 2.18. The van der Waals surface area contributed by atoms with Gasteiger partial charge in [-0.25, -0.2) is 0 Å². The summed E-state index contributed by atoms with van der Waals surface area (Å²) in [5, 5.41) is 5.91. The zero-order valence-electron chi connectivity index (χ0n) is 16.0. The quantitative estimate of drug-likeness (QED) is 0.818. The van der Waals surface area contributed by atoms with E-state index in [9.17, 15) is 9.59 Å². The number of pyridine rings is 1. The van der Waals surface area contributed by atoms with Crippen LogP contribution in [0.3, 0.4) is 0 Å². The van der Waals surface area contributed by atoms with Crippen LogP contribution < -0.4 is 10.6 Å². The van der Waals surface area contributed by atoms with Crippen LogP contribution in [0.5, 0.6) is 0 Å². The minimum Gasteiger partial charge on any atom is -0.348 e. The Kier molecular flexibility index (Phi) is 6.22. The molecule has 2 N–H and O–H groups in total.